The van der Waals surface area contributed by atoms with E-state index in [1.54, 1.807) is 30.3 Å². The lowest BCUT2D eigenvalue weighted by Crippen LogP contribution is -1.94. The fourth-order valence-electron chi connectivity index (χ4n) is 3.80. The standard InChI is InChI=1S/C25H21N5O2S/c1-3-28-16-23(24(27-28)18-5-4-6-19(15-18)30(31)32)21-11-13-26-25-22(21)12-14-29(25)33-20-9-7-17(2)8-10-20/h4-16H,3H2,1-2H3. The number of aromatic nitrogens is 4. The van der Waals surface area contributed by atoms with E-state index < -0.39 is 0 Å². The molecule has 0 amide bonds. The lowest BCUT2D eigenvalue weighted by molar-refractivity contribution is -0.384. The predicted octanol–water partition coefficient (Wildman–Crippen LogP) is 6.36. The second kappa shape index (κ2) is 8.55. The first kappa shape index (κ1) is 21.0. The van der Waals surface area contributed by atoms with Crippen molar-refractivity contribution in [2.75, 3.05) is 0 Å². The van der Waals surface area contributed by atoms with Gasteiger partial charge in [0.1, 0.15) is 5.69 Å². The normalized spacial score (nSPS) is 11.2. The number of rotatable bonds is 6. The van der Waals surface area contributed by atoms with Crippen LogP contribution in [0.2, 0.25) is 0 Å². The molecular weight excluding hydrogens is 434 g/mol. The summed E-state index contributed by atoms with van der Waals surface area (Å²) < 4.78 is 3.91. The largest absolute Gasteiger partial charge is 0.272 e. The molecule has 0 bridgehead atoms. The van der Waals surface area contributed by atoms with E-state index in [0.717, 1.165) is 27.1 Å². The summed E-state index contributed by atoms with van der Waals surface area (Å²) in [6, 6.07) is 19.0. The third-order valence-electron chi connectivity index (χ3n) is 5.49. The zero-order valence-electron chi connectivity index (χ0n) is 18.2. The second-order valence-corrected chi connectivity index (χ2v) is 8.74. The fraction of sp³-hybridized carbons (Fsp3) is 0.120. The number of pyridine rings is 1. The Bertz CT molecular complexity index is 1470. The van der Waals surface area contributed by atoms with Crippen LogP contribution >= 0.6 is 11.9 Å². The van der Waals surface area contributed by atoms with Crippen molar-refractivity contribution in [2.45, 2.75) is 25.3 Å². The minimum Gasteiger partial charge on any atom is -0.272 e. The zero-order valence-corrected chi connectivity index (χ0v) is 19.0. The molecule has 0 unspecified atom stereocenters. The Balaban J connectivity index is 1.62. The van der Waals surface area contributed by atoms with Gasteiger partial charge in [-0.2, -0.15) is 5.10 Å². The number of aryl methyl sites for hydroxylation is 2. The van der Waals surface area contributed by atoms with Crippen LogP contribution in [0.25, 0.3) is 33.4 Å². The monoisotopic (exact) mass is 455 g/mol. The van der Waals surface area contributed by atoms with Gasteiger partial charge >= 0.3 is 0 Å². The maximum Gasteiger partial charge on any atom is 0.270 e. The van der Waals surface area contributed by atoms with Gasteiger partial charge in [-0.3, -0.25) is 18.8 Å². The van der Waals surface area contributed by atoms with E-state index in [2.05, 4.69) is 46.2 Å². The quantitative estimate of drug-likeness (QED) is 0.220. The van der Waals surface area contributed by atoms with Crippen molar-refractivity contribution in [2.24, 2.45) is 0 Å². The van der Waals surface area contributed by atoms with E-state index in [-0.39, 0.29) is 10.6 Å². The van der Waals surface area contributed by atoms with Gasteiger partial charge in [-0.15, -0.1) is 0 Å². The Labute approximate surface area is 195 Å². The predicted molar refractivity (Wildman–Crippen MR) is 131 cm³/mol. The van der Waals surface area contributed by atoms with Crippen molar-refractivity contribution >= 4 is 28.7 Å². The van der Waals surface area contributed by atoms with Gasteiger partial charge in [0, 0.05) is 58.7 Å². The Morgan fingerprint density at radius 1 is 1.06 bits per heavy atom. The molecule has 0 fully saturated rings. The van der Waals surface area contributed by atoms with Crippen LogP contribution < -0.4 is 0 Å². The van der Waals surface area contributed by atoms with E-state index in [1.165, 1.54) is 11.6 Å². The Morgan fingerprint density at radius 3 is 2.64 bits per heavy atom. The van der Waals surface area contributed by atoms with E-state index >= 15 is 0 Å². The van der Waals surface area contributed by atoms with E-state index in [9.17, 15) is 10.1 Å². The molecule has 3 aromatic heterocycles. The highest BCUT2D eigenvalue weighted by Gasteiger charge is 2.18. The molecule has 0 aliphatic carbocycles. The maximum absolute atomic E-state index is 11.3. The molecule has 0 aliphatic heterocycles. The number of nitro groups is 1. The first-order valence-electron chi connectivity index (χ1n) is 10.6. The van der Waals surface area contributed by atoms with Gasteiger partial charge in [0.05, 0.1) is 4.92 Å². The van der Waals surface area contributed by atoms with Gasteiger partial charge in [-0.25, -0.2) is 4.98 Å². The number of hydrogen-bond acceptors (Lipinski definition) is 5. The fourth-order valence-corrected chi connectivity index (χ4v) is 4.64. The minimum absolute atomic E-state index is 0.0463. The first-order chi connectivity index (χ1) is 16.0. The third-order valence-corrected chi connectivity index (χ3v) is 6.46. The third kappa shape index (κ3) is 4.01. The van der Waals surface area contributed by atoms with Crippen molar-refractivity contribution in [1.29, 1.82) is 0 Å². The van der Waals surface area contributed by atoms with Crippen molar-refractivity contribution < 1.29 is 4.92 Å². The molecule has 33 heavy (non-hydrogen) atoms. The highest BCUT2D eigenvalue weighted by Crippen LogP contribution is 2.37. The second-order valence-electron chi connectivity index (χ2n) is 7.70. The van der Waals surface area contributed by atoms with Crippen molar-refractivity contribution in [3.8, 4) is 22.4 Å². The molecule has 0 aliphatic rings. The molecule has 5 rings (SSSR count). The summed E-state index contributed by atoms with van der Waals surface area (Å²) in [5.41, 5.74) is 5.46. The molecule has 2 aromatic carbocycles. The summed E-state index contributed by atoms with van der Waals surface area (Å²) in [4.78, 5) is 16.7. The summed E-state index contributed by atoms with van der Waals surface area (Å²) >= 11 is 1.61. The van der Waals surface area contributed by atoms with Crippen LogP contribution in [-0.2, 0) is 6.54 Å². The lowest BCUT2D eigenvalue weighted by Gasteiger charge is -2.07. The van der Waals surface area contributed by atoms with Gasteiger partial charge in [0.25, 0.3) is 5.69 Å². The van der Waals surface area contributed by atoms with Gasteiger partial charge in [0.15, 0.2) is 5.65 Å². The smallest absolute Gasteiger partial charge is 0.270 e. The summed E-state index contributed by atoms with van der Waals surface area (Å²) in [6.45, 7) is 4.79. The van der Waals surface area contributed by atoms with Gasteiger partial charge in [-0.05, 0) is 55.6 Å². The highest BCUT2D eigenvalue weighted by molar-refractivity contribution is 7.98. The SMILES string of the molecule is CCn1cc(-c2ccnc3c2ccn3Sc2ccc(C)cc2)c(-c2cccc([N+](=O)[O-])c2)n1. The molecule has 0 atom stereocenters. The van der Waals surface area contributed by atoms with Gasteiger partial charge in [0.2, 0.25) is 0 Å². The minimum atomic E-state index is -0.382. The van der Waals surface area contributed by atoms with Crippen LogP contribution in [-0.4, -0.2) is 23.7 Å². The van der Waals surface area contributed by atoms with Gasteiger partial charge in [-0.1, -0.05) is 29.8 Å². The van der Waals surface area contributed by atoms with E-state index in [4.69, 9.17) is 5.10 Å². The zero-order chi connectivity index (χ0) is 22.9. The number of hydrogen-bond donors (Lipinski definition) is 0. The number of non-ortho nitro benzene ring substituents is 1. The van der Waals surface area contributed by atoms with Crippen molar-refractivity contribution in [3.63, 3.8) is 0 Å². The molecule has 8 heteroatoms. The molecule has 5 aromatic rings. The Morgan fingerprint density at radius 2 is 1.88 bits per heavy atom. The molecule has 3 heterocycles. The number of nitro benzene ring substituents is 1. The molecular formula is C25H21N5O2S. The summed E-state index contributed by atoms with van der Waals surface area (Å²) in [5, 5.41) is 17.0. The summed E-state index contributed by atoms with van der Waals surface area (Å²) in [7, 11) is 0. The van der Waals surface area contributed by atoms with Crippen LogP contribution in [0.15, 0.2) is 84.1 Å². The molecule has 7 nitrogen and oxygen atoms in total. The summed E-state index contributed by atoms with van der Waals surface area (Å²) in [5.74, 6) is 0. The van der Waals surface area contributed by atoms with Crippen molar-refractivity contribution in [3.05, 3.63) is 94.9 Å². The molecule has 0 saturated heterocycles. The summed E-state index contributed by atoms with van der Waals surface area (Å²) in [6.07, 6.45) is 5.81. The molecule has 0 N–H and O–H groups in total. The van der Waals surface area contributed by atoms with Crippen LogP contribution in [0, 0.1) is 17.0 Å². The van der Waals surface area contributed by atoms with E-state index in [1.807, 2.05) is 36.1 Å². The van der Waals surface area contributed by atoms with Crippen LogP contribution in [0.1, 0.15) is 12.5 Å². The van der Waals surface area contributed by atoms with E-state index in [0.29, 0.717) is 17.8 Å². The first-order valence-corrected chi connectivity index (χ1v) is 11.3. The van der Waals surface area contributed by atoms with Gasteiger partial charge < -0.3 is 0 Å². The average Bonchev–Trinajstić information content (AvgIpc) is 3.45. The molecule has 0 radical (unpaired) electrons. The lowest BCUT2D eigenvalue weighted by atomic mass is 10.0. The van der Waals surface area contributed by atoms with Crippen LogP contribution in [0.3, 0.4) is 0 Å². The highest BCUT2D eigenvalue weighted by atomic mass is 32.2. The van der Waals surface area contributed by atoms with Crippen LogP contribution in [0.4, 0.5) is 5.69 Å². The number of benzene rings is 2. The Hall–Kier alpha value is -3.91. The maximum atomic E-state index is 11.3. The average molecular weight is 456 g/mol. The molecule has 0 saturated carbocycles. The molecule has 0 spiro atoms. The topological polar surface area (TPSA) is 78.8 Å². The molecule has 164 valence electrons. The number of fused-ring (bicyclic) bond motifs is 1. The Kier molecular flexibility index (Phi) is 5.43. The number of nitrogens with zero attached hydrogens (tertiary/aromatic N) is 5. The van der Waals surface area contributed by atoms with Crippen molar-refractivity contribution in [1.82, 2.24) is 18.7 Å². The van der Waals surface area contributed by atoms with Crippen LogP contribution in [0.5, 0.6) is 0 Å².